The zero-order valence-electron chi connectivity index (χ0n) is 11.9. The molecule has 1 aromatic rings. The summed E-state index contributed by atoms with van der Waals surface area (Å²) in [6, 6.07) is 6.46. The molecule has 0 saturated heterocycles. The number of amides is 2. The third-order valence-corrected chi connectivity index (χ3v) is 3.04. The van der Waals surface area contributed by atoms with E-state index in [2.05, 4.69) is 10.1 Å². The zero-order chi connectivity index (χ0) is 15.8. The van der Waals surface area contributed by atoms with Crippen LogP contribution in [0.15, 0.2) is 24.3 Å². The van der Waals surface area contributed by atoms with Crippen LogP contribution in [0.1, 0.15) is 16.8 Å². The third-order valence-electron chi connectivity index (χ3n) is 2.71. The number of esters is 1. The van der Waals surface area contributed by atoms with Crippen molar-refractivity contribution in [3.05, 3.63) is 34.9 Å². The summed E-state index contributed by atoms with van der Waals surface area (Å²) in [5.41, 5.74) is 0.240. The normalized spacial score (nSPS) is 10.3. The first-order valence-corrected chi connectivity index (χ1v) is 6.66. The van der Waals surface area contributed by atoms with E-state index in [-0.39, 0.29) is 29.5 Å². The van der Waals surface area contributed by atoms with Crippen LogP contribution in [0.25, 0.3) is 0 Å². The maximum atomic E-state index is 11.9. The molecule has 6 nitrogen and oxygen atoms in total. The van der Waals surface area contributed by atoms with Crippen LogP contribution in [0.3, 0.4) is 0 Å². The van der Waals surface area contributed by atoms with Crippen molar-refractivity contribution in [2.24, 2.45) is 0 Å². The average Bonchev–Trinajstić information content (AvgIpc) is 2.44. The second-order valence-electron chi connectivity index (χ2n) is 4.42. The lowest BCUT2D eigenvalue weighted by Gasteiger charge is -2.15. The van der Waals surface area contributed by atoms with Gasteiger partial charge in [-0.3, -0.25) is 24.6 Å². The Balaban J connectivity index is 2.45. The lowest BCUT2D eigenvalue weighted by atomic mass is 10.2. The number of hydrogen-bond donors (Lipinski definition) is 1. The first-order chi connectivity index (χ1) is 9.93. The molecule has 0 aliphatic rings. The molecule has 0 heterocycles. The number of benzene rings is 1. The standard InChI is InChI=1S/C14H17ClN2O4/c1-17(8-7-13(19)21-2)9-12(18)16-14(20)10-5-3-4-6-11(10)15/h3-6H,7-9H2,1-2H3,(H,16,18,20). The van der Waals surface area contributed by atoms with E-state index in [9.17, 15) is 14.4 Å². The monoisotopic (exact) mass is 312 g/mol. The van der Waals surface area contributed by atoms with E-state index in [1.54, 1.807) is 30.1 Å². The van der Waals surface area contributed by atoms with Gasteiger partial charge in [0.1, 0.15) is 0 Å². The van der Waals surface area contributed by atoms with E-state index in [1.807, 2.05) is 0 Å². The van der Waals surface area contributed by atoms with Crippen molar-refractivity contribution >= 4 is 29.4 Å². The summed E-state index contributed by atoms with van der Waals surface area (Å²) in [6.07, 6.45) is 0.179. The molecule has 0 saturated carbocycles. The molecule has 0 fully saturated rings. The molecule has 0 spiro atoms. The Bertz CT molecular complexity index is 533. The lowest BCUT2D eigenvalue weighted by molar-refractivity contribution is -0.141. The summed E-state index contributed by atoms with van der Waals surface area (Å²) in [6.45, 7) is 0.355. The fourth-order valence-electron chi connectivity index (χ4n) is 1.59. The van der Waals surface area contributed by atoms with Crippen LogP contribution >= 0.6 is 11.6 Å². The first-order valence-electron chi connectivity index (χ1n) is 6.28. The first kappa shape index (κ1) is 17.1. The number of ether oxygens (including phenoxy) is 1. The van der Waals surface area contributed by atoms with E-state index in [0.29, 0.717) is 6.54 Å². The van der Waals surface area contributed by atoms with Crippen LogP contribution < -0.4 is 5.32 Å². The number of nitrogens with zero attached hydrogens (tertiary/aromatic N) is 1. The molecule has 0 aromatic heterocycles. The molecule has 1 N–H and O–H groups in total. The van der Waals surface area contributed by atoms with Crippen molar-refractivity contribution in [2.45, 2.75) is 6.42 Å². The van der Waals surface area contributed by atoms with E-state index in [0.717, 1.165) is 0 Å². The van der Waals surface area contributed by atoms with E-state index >= 15 is 0 Å². The highest BCUT2D eigenvalue weighted by molar-refractivity contribution is 6.34. The number of imide groups is 1. The molecule has 114 valence electrons. The van der Waals surface area contributed by atoms with Gasteiger partial charge < -0.3 is 4.74 Å². The zero-order valence-corrected chi connectivity index (χ0v) is 12.6. The molecule has 1 aromatic carbocycles. The summed E-state index contributed by atoms with van der Waals surface area (Å²) in [4.78, 5) is 36.2. The van der Waals surface area contributed by atoms with Gasteiger partial charge in [0.25, 0.3) is 5.91 Å². The summed E-state index contributed by atoms with van der Waals surface area (Å²) in [7, 11) is 2.97. The lowest BCUT2D eigenvalue weighted by Crippen LogP contribution is -2.39. The third kappa shape index (κ3) is 5.93. The van der Waals surface area contributed by atoms with Gasteiger partial charge in [-0.15, -0.1) is 0 Å². The Morgan fingerprint density at radius 1 is 1.29 bits per heavy atom. The van der Waals surface area contributed by atoms with Crippen molar-refractivity contribution in [3.63, 3.8) is 0 Å². The van der Waals surface area contributed by atoms with Crippen LogP contribution in [0, 0.1) is 0 Å². The van der Waals surface area contributed by atoms with Gasteiger partial charge >= 0.3 is 5.97 Å². The number of nitrogens with one attached hydrogen (secondary N) is 1. The predicted molar refractivity (Wildman–Crippen MR) is 78.1 cm³/mol. The average molecular weight is 313 g/mol. The summed E-state index contributed by atoms with van der Waals surface area (Å²) < 4.78 is 4.51. The number of hydrogen-bond acceptors (Lipinski definition) is 5. The largest absolute Gasteiger partial charge is 0.469 e. The second kappa shape index (κ2) is 8.39. The minimum Gasteiger partial charge on any atom is -0.469 e. The predicted octanol–water partition coefficient (Wildman–Crippen LogP) is 1.09. The fourth-order valence-corrected chi connectivity index (χ4v) is 1.81. The van der Waals surface area contributed by atoms with Crippen molar-refractivity contribution in [1.29, 1.82) is 0 Å². The van der Waals surface area contributed by atoms with Crippen LogP contribution in [0.4, 0.5) is 0 Å². The highest BCUT2D eigenvalue weighted by Crippen LogP contribution is 2.14. The number of carbonyl (C=O) groups is 3. The maximum Gasteiger partial charge on any atom is 0.306 e. The summed E-state index contributed by atoms with van der Waals surface area (Å²) >= 11 is 5.87. The SMILES string of the molecule is COC(=O)CCN(C)CC(=O)NC(=O)c1ccccc1Cl. The summed E-state index contributed by atoms with van der Waals surface area (Å²) in [5, 5.41) is 2.53. The molecular formula is C14H17ClN2O4. The number of methoxy groups -OCH3 is 1. The molecular weight excluding hydrogens is 296 g/mol. The van der Waals surface area contributed by atoms with Crippen LogP contribution in [0.5, 0.6) is 0 Å². The number of carbonyl (C=O) groups excluding carboxylic acids is 3. The molecule has 0 unspecified atom stereocenters. The topological polar surface area (TPSA) is 75.7 Å². The number of halogens is 1. The number of likely N-dealkylation sites (N-methyl/N-ethyl adjacent to an activating group) is 1. The quantitative estimate of drug-likeness (QED) is 0.796. The van der Waals surface area contributed by atoms with Gasteiger partial charge in [0, 0.05) is 6.54 Å². The van der Waals surface area contributed by atoms with Crippen molar-refractivity contribution in [3.8, 4) is 0 Å². The smallest absolute Gasteiger partial charge is 0.306 e. The Labute approximate surface area is 128 Å². The highest BCUT2D eigenvalue weighted by Gasteiger charge is 2.15. The molecule has 0 radical (unpaired) electrons. The van der Waals surface area contributed by atoms with Gasteiger partial charge in [-0.1, -0.05) is 23.7 Å². The van der Waals surface area contributed by atoms with Gasteiger partial charge in [-0.2, -0.15) is 0 Å². The molecule has 0 bridgehead atoms. The van der Waals surface area contributed by atoms with Gasteiger partial charge in [0.2, 0.25) is 5.91 Å². The second-order valence-corrected chi connectivity index (χ2v) is 4.83. The molecule has 7 heteroatoms. The Hall–Kier alpha value is -1.92. The van der Waals surface area contributed by atoms with Crippen molar-refractivity contribution in [1.82, 2.24) is 10.2 Å². The Morgan fingerprint density at radius 3 is 2.57 bits per heavy atom. The minimum atomic E-state index is -0.549. The molecule has 1 rings (SSSR count). The number of rotatable bonds is 6. The van der Waals surface area contributed by atoms with E-state index in [4.69, 9.17) is 11.6 Å². The molecule has 0 atom stereocenters. The van der Waals surface area contributed by atoms with E-state index < -0.39 is 11.8 Å². The van der Waals surface area contributed by atoms with Crippen molar-refractivity contribution < 1.29 is 19.1 Å². The minimum absolute atomic E-state index is 0.00676. The fraction of sp³-hybridized carbons (Fsp3) is 0.357. The van der Waals surface area contributed by atoms with Crippen molar-refractivity contribution in [2.75, 3.05) is 27.2 Å². The Kier molecular flexibility index (Phi) is 6.84. The van der Waals surface area contributed by atoms with Crippen LogP contribution in [0.2, 0.25) is 5.02 Å². The molecule has 2 amide bonds. The summed E-state index contributed by atoms with van der Waals surface area (Å²) in [5.74, 6) is -1.37. The highest BCUT2D eigenvalue weighted by atomic mass is 35.5. The van der Waals surface area contributed by atoms with Gasteiger partial charge in [0.15, 0.2) is 0 Å². The molecule has 0 aliphatic heterocycles. The van der Waals surface area contributed by atoms with Gasteiger partial charge in [0.05, 0.1) is 30.7 Å². The maximum absolute atomic E-state index is 11.9. The van der Waals surface area contributed by atoms with Crippen LogP contribution in [-0.2, 0) is 14.3 Å². The van der Waals surface area contributed by atoms with Gasteiger partial charge in [-0.05, 0) is 19.2 Å². The van der Waals surface area contributed by atoms with Gasteiger partial charge in [-0.25, -0.2) is 0 Å². The Morgan fingerprint density at radius 2 is 1.95 bits per heavy atom. The van der Waals surface area contributed by atoms with Crippen LogP contribution in [-0.4, -0.2) is 49.9 Å². The van der Waals surface area contributed by atoms with E-state index in [1.165, 1.54) is 13.2 Å². The molecule has 0 aliphatic carbocycles. The molecule has 21 heavy (non-hydrogen) atoms.